The first-order chi connectivity index (χ1) is 12.9. The van der Waals surface area contributed by atoms with Crippen LogP contribution in [0.5, 0.6) is 0 Å². The van der Waals surface area contributed by atoms with Gasteiger partial charge in [0.05, 0.1) is 31.2 Å². The van der Waals surface area contributed by atoms with E-state index >= 15 is 0 Å². The number of carbonyl (C=O) groups is 2. The lowest BCUT2D eigenvalue weighted by Crippen LogP contribution is -2.33. The van der Waals surface area contributed by atoms with Crippen LogP contribution in [0.4, 0.5) is 13.2 Å². The Bertz CT molecular complexity index is 713. The predicted molar refractivity (Wildman–Crippen MR) is 94.9 cm³/mol. The van der Waals surface area contributed by atoms with Crippen LogP contribution in [0.3, 0.4) is 0 Å². The number of carboxylic acids is 1. The summed E-state index contributed by atoms with van der Waals surface area (Å²) in [7, 11) is -4.07. The lowest BCUT2D eigenvalue weighted by atomic mass is 10.1. The summed E-state index contributed by atoms with van der Waals surface area (Å²) in [5, 5.41) is 11.8. The molecule has 0 heterocycles. The van der Waals surface area contributed by atoms with Crippen molar-refractivity contribution in [2.24, 2.45) is 0 Å². The molecule has 0 spiro atoms. The Hall–Kier alpha value is -1.90. The first kappa shape index (κ1) is 24.1. The van der Waals surface area contributed by atoms with E-state index in [9.17, 15) is 32.4 Å². The van der Waals surface area contributed by atoms with Crippen LogP contribution in [0.15, 0.2) is 24.3 Å². The second-order valence-corrected chi connectivity index (χ2v) is 8.06. The summed E-state index contributed by atoms with van der Waals surface area (Å²) in [6.45, 7) is 4.42. The first-order valence-corrected chi connectivity index (χ1v) is 10.1. The standard InChI is InChI=1S/C17H23F3NO6P/c1-4-26-28(25,27-5-2)14(16(23)24)10-15(22)21-11(3)12-6-8-13(9-7-12)17(18,19)20/h6-9,11,14H,4-5,10H2,1-3H3,(H,21,22)(H,23,24)/t11-,14?/m0/s1. The van der Waals surface area contributed by atoms with Crippen molar-refractivity contribution in [1.82, 2.24) is 5.32 Å². The minimum absolute atomic E-state index is 0.0648. The molecule has 158 valence electrons. The van der Waals surface area contributed by atoms with Gasteiger partial charge in [-0.05, 0) is 38.5 Å². The quantitative estimate of drug-likeness (QED) is 0.550. The lowest BCUT2D eigenvalue weighted by Gasteiger charge is -2.23. The molecular formula is C17H23F3NO6P. The smallest absolute Gasteiger partial charge is 0.416 e. The van der Waals surface area contributed by atoms with E-state index in [0.717, 1.165) is 12.1 Å². The maximum Gasteiger partial charge on any atom is 0.416 e. The van der Waals surface area contributed by atoms with Crippen LogP contribution in [0.2, 0.25) is 0 Å². The molecule has 0 radical (unpaired) electrons. The molecule has 2 atom stereocenters. The zero-order valence-electron chi connectivity index (χ0n) is 15.7. The van der Waals surface area contributed by atoms with E-state index < -0.39 is 49.3 Å². The number of benzene rings is 1. The second kappa shape index (κ2) is 10.0. The van der Waals surface area contributed by atoms with Crippen molar-refractivity contribution in [2.45, 2.75) is 45.1 Å². The molecule has 1 aromatic carbocycles. The molecule has 0 aliphatic carbocycles. The minimum atomic E-state index is -4.47. The highest BCUT2D eigenvalue weighted by Crippen LogP contribution is 2.54. The number of alkyl halides is 3. The monoisotopic (exact) mass is 425 g/mol. The normalized spacial score (nSPS) is 14.4. The zero-order chi connectivity index (χ0) is 21.5. The average Bonchev–Trinajstić information content (AvgIpc) is 2.59. The summed E-state index contributed by atoms with van der Waals surface area (Å²) in [4.78, 5) is 23.7. The fourth-order valence-electron chi connectivity index (χ4n) is 2.43. The molecule has 0 aromatic heterocycles. The molecule has 0 saturated carbocycles. The molecule has 2 N–H and O–H groups in total. The fourth-order valence-corrected chi connectivity index (χ4v) is 4.25. The van der Waals surface area contributed by atoms with E-state index in [1.807, 2.05) is 0 Å². The van der Waals surface area contributed by atoms with E-state index in [1.54, 1.807) is 0 Å². The van der Waals surface area contributed by atoms with Gasteiger partial charge in [0.1, 0.15) is 0 Å². The molecule has 1 rings (SSSR count). The number of hydrogen-bond donors (Lipinski definition) is 2. The number of halogens is 3. The fraction of sp³-hybridized carbons (Fsp3) is 0.529. The van der Waals surface area contributed by atoms with Gasteiger partial charge in [0.15, 0.2) is 5.66 Å². The van der Waals surface area contributed by atoms with Gasteiger partial charge in [0.2, 0.25) is 5.91 Å². The van der Waals surface area contributed by atoms with Crippen molar-refractivity contribution < 1.29 is 41.5 Å². The van der Waals surface area contributed by atoms with Crippen molar-refractivity contribution in [3.63, 3.8) is 0 Å². The van der Waals surface area contributed by atoms with Crippen LogP contribution in [0, 0.1) is 0 Å². The van der Waals surface area contributed by atoms with Crippen LogP contribution < -0.4 is 5.32 Å². The Balaban J connectivity index is 2.87. The molecule has 7 nitrogen and oxygen atoms in total. The van der Waals surface area contributed by atoms with Gasteiger partial charge in [-0.2, -0.15) is 13.2 Å². The van der Waals surface area contributed by atoms with Gasteiger partial charge in [0.25, 0.3) is 0 Å². The van der Waals surface area contributed by atoms with Gasteiger partial charge in [-0.3, -0.25) is 14.2 Å². The zero-order valence-corrected chi connectivity index (χ0v) is 16.5. The van der Waals surface area contributed by atoms with Gasteiger partial charge in [-0.25, -0.2) is 0 Å². The van der Waals surface area contributed by atoms with Crippen LogP contribution in [0.25, 0.3) is 0 Å². The molecule has 0 bridgehead atoms. The third kappa shape index (κ3) is 6.61. The SMILES string of the molecule is CCOP(=O)(OCC)C(CC(=O)N[C@@H](C)c1ccc(C(F)(F)F)cc1)C(=O)O. The van der Waals surface area contributed by atoms with Crippen molar-refractivity contribution in [3.05, 3.63) is 35.4 Å². The lowest BCUT2D eigenvalue weighted by molar-refractivity contribution is -0.139. The highest BCUT2D eigenvalue weighted by atomic mass is 31.2. The Labute approximate surface area is 160 Å². The summed E-state index contributed by atoms with van der Waals surface area (Å²) in [5.74, 6) is -2.26. The van der Waals surface area contributed by atoms with E-state index in [4.69, 9.17) is 9.05 Å². The number of nitrogens with one attached hydrogen (secondary N) is 1. The topological polar surface area (TPSA) is 102 Å². The number of carboxylic acid groups (broad SMARTS) is 1. The van der Waals surface area contributed by atoms with Crippen LogP contribution in [-0.2, 0) is 29.4 Å². The van der Waals surface area contributed by atoms with Crippen molar-refractivity contribution in [1.29, 1.82) is 0 Å². The summed E-state index contributed by atoms with van der Waals surface area (Å²) >= 11 is 0. The maximum absolute atomic E-state index is 12.7. The number of amides is 1. The summed E-state index contributed by atoms with van der Waals surface area (Å²) in [6.07, 6.45) is -5.14. The molecule has 11 heteroatoms. The molecule has 0 saturated heterocycles. The Morgan fingerprint density at radius 3 is 2.04 bits per heavy atom. The Morgan fingerprint density at radius 2 is 1.64 bits per heavy atom. The van der Waals surface area contributed by atoms with Gasteiger partial charge in [0, 0.05) is 0 Å². The van der Waals surface area contributed by atoms with Gasteiger partial charge in [-0.1, -0.05) is 12.1 Å². The van der Waals surface area contributed by atoms with Gasteiger partial charge in [-0.15, -0.1) is 0 Å². The highest BCUT2D eigenvalue weighted by molar-refractivity contribution is 7.55. The second-order valence-electron chi connectivity index (χ2n) is 5.84. The Morgan fingerprint density at radius 1 is 1.14 bits per heavy atom. The van der Waals surface area contributed by atoms with Crippen molar-refractivity contribution in [2.75, 3.05) is 13.2 Å². The minimum Gasteiger partial charge on any atom is -0.481 e. The molecule has 0 aliphatic rings. The largest absolute Gasteiger partial charge is 0.481 e. The summed E-state index contributed by atoms with van der Waals surface area (Å²) < 4.78 is 60.5. The van der Waals surface area contributed by atoms with Gasteiger partial charge < -0.3 is 19.5 Å². The maximum atomic E-state index is 12.7. The van der Waals surface area contributed by atoms with E-state index in [0.29, 0.717) is 5.56 Å². The summed E-state index contributed by atoms with van der Waals surface area (Å²) in [6, 6.07) is 3.51. The van der Waals surface area contributed by atoms with Crippen LogP contribution >= 0.6 is 7.60 Å². The van der Waals surface area contributed by atoms with E-state index in [1.165, 1.54) is 32.9 Å². The predicted octanol–water partition coefficient (Wildman–Crippen LogP) is 3.99. The molecule has 0 aliphatic heterocycles. The highest BCUT2D eigenvalue weighted by Gasteiger charge is 2.42. The molecule has 0 fully saturated rings. The molecule has 28 heavy (non-hydrogen) atoms. The van der Waals surface area contributed by atoms with Crippen LogP contribution in [-0.4, -0.2) is 35.9 Å². The van der Waals surface area contributed by atoms with E-state index in [-0.39, 0.29) is 13.2 Å². The van der Waals surface area contributed by atoms with Crippen LogP contribution in [0.1, 0.15) is 44.4 Å². The average molecular weight is 425 g/mol. The van der Waals surface area contributed by atoms with Crippen molar-refractivity contribution >= 4 is 19.5 Å². The third-order valence-corrected chi connectivity index (χ3v) is 6.18. The number of hydrogen-bond acceptors (Lipinski definition) is 5. The number of carbonyl (C=O) groups excluding carboxylic acids is 1. The molecule has 1 amide bonds. The number of aliphatic carboxylic acids is 1. The third-order valence-electron chi connectivity index (χ3n) is 3.78. The Kier molecular flexibility index (Phi) is 8.66. The molecular weight excluding hydrogens is 402 g/mol. The first-order valence-electron chi connectivity index (χ1n) is 8.52. The number of rotatable bonds is 10. The molecule has 1 unspecified atom stereocenters. The summed E-state index contributed by atoms with van der Waals surface area (Å²) in [5.41, 5.74) is -2.13. The molecule has 1 aromatic rings. The van der Waals surface area contributed by atoms with E-state index in [2.05, 4.69) is 5.32 Å². The van der Waals surface area contributed by atoms with Crippen molar-refractivity contribution in [3.8, 4) is 0 Å². The van der Waals surface area contributed by atoms with Gasteiger partial charge >= 0.3 is 19.7 Å².